The molecule has 0 bridgehead atoms. The number of carbonyl (C=O) groups excluding carboxylic acids is 1. The van der Waals surface area contributed by atoms with Gasteiger partial charge in [0.15, 0.2) is 11.5 Å². The summed E-state index contributed by atoms with van der Waals surface area (Å²) in [5.41, 5.74) is 11.1. The van der Waals surface area contributed by atoms with Gasteiger partial charge in [0, 0.05) is 41.8 Å². The van der Waals surface area contributed by atoms with Crippen molar-refractivity contribution in [3.63, 3.8) is 0 Å². The van der Waals surface area contributed by atoms with E-state index in [0.717, 1.165) is 47.0 Å². The Hall–Kier alpha value is -3.68. The SMILES string of the molecule is COc1ccc(-c2cc3c(C4=CCN(C(=O)NC5CCCC5)CC4)c[nH]c3nc2N)cc1OC. The molecule has 4 N–H and O–H groups in total. The number of hydrogen-bond acceptors (Lipinski definition) is 5. The Balaban J connectivity index is 1.41. The van der Waals surface area contributed by atoms with E-state index in [1.54, 1.807) is 14.2 Å². The Morgan fingerprint density at radius 2 is 1.94 bits per heavy atom. The fourth-order valence-electron chi connectivity index (χ4n) is 5.00. The van der Waals surface area contributed by atoms with E-state index in [1.807, 2.05) is 29.3 Å². The van der Waals surface area contributed by atoms with Crippen molar-refractivity contribution in [3.05, 3.63) is 42.1 Å². The van der Waals surface area contributed by atoms with Gasteiger partial charge in [-0.25, -0.2) is 9.78 Å². The summed E-state index contributed by atoms with van der Waals surface area (Å²) in [4.78, 5) is 22.4. The maximum Gasteiger partial charge on any atom is 0.317 e. The number of aromatic nitrogens is 2. The molecule has 0 radical (unpaired) electrons. The first-order valence-corrected chi connectivity index (χ1v) is 11.8. The lowest BCUT2D eigenvalue weighted by Gasteiger charge is -2.28. The van der Waals surface area contributed by atoms with Crippen LogP contribution in [0.25, 0.3) is 27.7 Å². The molecule has 2 amide bonds. The lowest BCUT2D eigenvalue weighted by Crippen LogP contribution is -2.45. The number of nitrogens with one attached hydrogen (secondary N) is 2. The summed E-state index contributed by atoms with van der Waals surface area (Å²) in [6.45, 7) is 1.30. The number of carbonyl (C=O) groups is 1. The molecule has 0 saturated heterocycles. The second-order valence-corrected chi connectivity index (χ2v) is 8.95. The number of benzene rings is 1. The van der Waals surface area contributed by atoms with Crippen LogP contribution in [0.5, 0.6) is 11.5 Å². The molecular formula is C26H31N5O3. The van der Waals surface area contributed by atoms with Crippen LogP contribution >= 0.6 is 0 Å². The standard InChI is InChI=1S/C26H31N5O3/c1-33-22-8-7-17(13-23(22)34-2)19-14-20-21(15-28-25(20)30-24(19)27)16-9-11-31(12-10-16)26(32)29-18-5-3-4-6-18/h7-9,13-15,18H,3-6,10-12H2,1-2H3,(H,29,32)(H3,27,28,30). The molecule has 0 unspecified atom stereocenters. The molecule has 8 nitrogen and oxygen atoms in total. The minimum absolute atomic E-state index is 0.0475. The van der Waals surface area contributed by atoms with Crippen LogP contribution in [0.3, 0.4) is 0 Å². The molecule has 1 saturated carbocycles. The smallest absolute Gasteiger partial charge is 0.317 e. The van der Waals surface area contributed by atoms with Crippen molar-refractivity contribution in [1.29, 1.82) is 0 Å². The summed E-state index contributed by atoms with van der Waals surface area (Å²) >= 11 is 0. The highest BCUT2D eigenvalue weighted by atomic mass is 16.5. The van der Waals surface area contributed by atoms with E-state index in [0.29, 0.717) is 36.4 Å². The van der Waals surface area contributed by atoms with E-state index in [2.05, 4.69) is 27.4 Å². The molecule has 0 atom stereocenters. The van der Waals surface area contributed by atoms with E-state index in [9.17, 15) is 4.79 Å². The van der Waals surface area contributed by atoms with Crippen molar-refractivity contribution in [2.45, 2.75) is 38.1 Å². The maximum atomic E-state index is 12.6. The zero-order valence-corrected chi connectivity index (χ0v) is 19.7. The van der Waals surface area contributed by atoms with Crippen LogP contribution in [-0.2, 0) is 0 Å². The number of nitrogen functional groups attached to an aromatic ring is 1. The maximum absolute atomic E-state index is 12.6. The van der Waals surface area contributed by atoms with E-state index >= 15 is 0 Å². The molecule has 2 aromatic heterocycles. The van der Waals surface area contributed by atoms with E-state index < -0.39 is 0 Å². The van der Waals surface area contributed by atoms with Crippen LogP contribution in [0.1, 0.15) is 37.7 Å². The predicted octanol–water partition coefficient (Wildman–Crippen LogP) is 4.57. The molecule has 34 heavy (non-hydrogen) atoms. The van der Waals surface area contributed by atoms with Crippen LogP contribution in [0.2, 0.25) is 0 Å². The average molecular weight is 462 g/mol. The van der Waals surface area contributed by atoms with E-state index in [-0.39, 0.29) is 6.03 Å². The van der Waals surface area contributed by atoms with Crippen LogP contribution < -0.4 is 20.5 Å². The molecule has 8 heteroatoms. The highest BCUT2D eigenvalue weighted by Crippen LogP contribution is 2.37. The minimum Gasteiger partial charge on any atom is -0.493 e. The average Bonchev–Trinajstić information content (AvgIpc) is 3.52. The number of ether oxygens (including phenoxy) is 2. The molecule has 5 rings (SSSR count). The summed E-state index contributed by atoms with van der Waals surface area (Å²) < 4.78 is 10.8. The lowest BCUT2D eigenvalue weighted by atomic mass is 9.97. The molecule has 3 heterocycles. The topological polar surface area (TPSA) is 106 Å². The number of pyridine rings is 1. The summed E-state index contributed by atoms with van der Waals surface area (Å²) in [7, 11) is 3.23. The second-order valence-electron chi connectivity index (χ2n) is 8.95. The van der Waals surface area contributed by atoms with Gasteiger partial charge in [-0.05, 0) is 48.6 Å². The predicted molar refractivity (Wildman–Crippen MR) is 134 cm³/mol. The molecule has 0 spiro atoms. The highest BCUT2D eigenvalue weighted by Gasteiger charge is 2.23. The first-order valence-electron chi connectivity index (χ1n) is 11.8. The van der Waals surface area contributed by atoms with Crippen molar-refractivity contribution in [2.75, 3.05) is 33.0 Å². The van der Waals surface area contributed by atoms with Gasteiger partial charge >= 0.3 is 6.03 Å². The fourth-order valence-corrected chi connectivity index (χ4v) is 5.00. The molecule has 2 aliphatic rings. The van der Waals surface area contributed by atoms with Gasteiger partial charge in [0.05, 0.1) is 14.2 Å². The van der Waals surface area contributed by atoms with E-state index in [4.69, 9.17) is 15.2 Å². The molecule has 1 aromatic carbocycles. The second kappa shape index (κ2) is 9.29. The van der Waals surface area contributed by atoms with Crippen molar-refractivity contribution < 1.29 is 14.3 Å². The molecular weight excluding hydrogens is 430 g/mol. The van der Waals surface area contributed by atoms with Crippen molar-refractivity contribution in [3.8, 4) is 22.6 Å². The number of rotatable bonds is 5. The first kappa shape index (κ1) is 22.1. The molecule has 1 aliphatic heterocycles. The molecule has 178 valence electrons. The van der Waals surface area contributed by atoms with Crippen molar-refractivity contribution >= 4 is 28.5 Å². The Bertz CT molecular complexity index is 1240. The van der Waals surface area contributed by atoms with E-state index in [1.165, 1.54) is 18.4 Å². The highest BCUT2D eigenvalue weighted by molar-refractivity contribution is 5.96. The van der Waals surface area contributed by atoms with Gasteiger partial charge in [-0.15, -0.1) is 0 Å². The summed E-state index contributed by atoms with van der Waals surface area (Å²) in [6, 6.07) is 8.18. The minimum atomic E-state index is 0.0475. The zero-order chi connectivity index (χ0) is 23.7. The monoisotopic (exact) mass is 461 g/mol. The van der Waals surface area contributed by atoms with Gasteiger partial charge in [-0.1, -0.05) is 25.0 Å². The number of hydrogen-bond donors (Lipinski definition) is 3. The quantitative estimate of drug-likeness (QED) is 0.516. The summed E-state index contributed by atoms with van der Waals surface area (Å²) in [6.07, 6.45) is 9.52. The number of urea groups is 1. The third-order valence-electron chi connectivity index (χ3n) is 6.92. The van der Waals surface area contributed by atoms with Gasteiger partial charge < -0.3 is 30.4 Å². The van der Waals surface area contributed by atoms with Crippen LogP contribution in [0.4, 0.5) is 10.6 Å². The number of H-pyrrole nitrogens is 1. The Labute approximate surface area is 199 Å². The Kier molecular flexibility index (Phi) is 6.04. The number of anilines is 1. The number of amides is 2. The number of nitrogens with zero attached hydrogens (tertiary/aromatic N) is 2. The van der Waals surface area contributed by atoms with Crippen molar-refractivity contribution in [2.24, 2.45) is 0 Å². The summed E-state index contributed by atoms with van der Waals surface area (Å²) in [5, 5.41) is 4.19. The Morgan fingerprint density at radius 3 is 2.65 bits per heavy atom. The number of aromatic amines is 1. The van der Waals surface area contributed by atoms with Gasteiger partial charge in [0.25, 0.3) is 0 Å². The van der Waals surface area contributed by atoms with Gasteiger partial charge in [-0.3, -0.25) is 0 Å². The van der Waals surface area contributed by atoms with Crippen LogP contribution in [0.15, 0.2) is 36.5 Å². The van der Waals surface area contributed by atoms with Gasteiger partial charge in [0.1, 0.15) is 11.5 Å². The zero-order valence-electron chi connectivity index (χ0n) is 19.7. The molecule has 3 aromatic rings. The third kappa shape index (κ3) is 4.16. The third-order valence-corrected chi connectivity index (χ3v) is 6.92. The largest absolute Gasteiger partial charge is 0.493 e. The first-order chi connectivity index (χ1) is 16.6. The summed E-state index contributed by atoms with van der Waals surface area (Å²) in [5.74, 6) is 1.75. The Morgan fingerprint density at radius 1 is 1.15 bits per heavy atom. The number of methoxy groups -OCH3 is 2. The van der Waals surface area contributed by atoms with Gasteiger partial charge in [0.2, 0.25) is 0 Å². The van der Waals surface area contributed by atoms with Crippen molar-refractivity contribution in [1.82, 2.24) is 20.2 Å². The van der Waals surface area contributed by atoms with Crippen LogP contribution in [-0.4, -0.2) is 54.2 Å². The number of nitrogens with two attached hydrogens (primary N) is 1. The lowest BCUT2D eigenvalue weighted by molar-refractivity contribution is 0.199. The fraction of sp³-hybridized carbons (Fsp3) is 0.385. The van der Waals surface area contributed by atoms with Gasteiger partial charge in [-0.2, -0.15) is 0 Å². The molecule has 1 aliphatic carbocycles. The van der Waals surface area contributed by atoms with Crippen LogP contribution in [0, 0.1) is 0 Å². The molecule has 1 fully saturated rings. The number of fused-ring (bicyclic) bond motifs is 1. The normalized spacial score (nSPS) is 16.5.